The molecule has 2 N–H and O–H groups in total. The van der Waals surface area contributed by atoms with Crippen LogP contribution in [0, 0.1) is 6.92 Å². The number of aryl methyl sites for hydroxylation is 1. The van der Waals surface area contributed by atoms with Gasteiger partial charge >= 0.3 is 0 Å². The highest BCUT2D eigenvalue weighted by atomic mass is 79.9. The maximum Gasteiger partial charge on any atom is 0.262 e. The van der Waals surface area contributed by atoms with Crippen molar-refractivity contribution in [3.8, 4) is 11.5 Å². The number of benzene rings is 2. The highest BCUT2D eigenvalue weighted by Crippen LogP contribution is 2.37. The van der Waals surface area contributed by atoms with Gasteiger partial charge in [0.05, 0.1) is 17.2 Å². The molecule has 162 valence electrons. The number of amides is 1. The topological polar surface area (TPSA) is 68.8 Å². The Hall–Kier alpha value is -2.09. The molecule has 30 heavy (non-hydrogen) atoms. The molecule has 1 aliphatic heterocycles. The summed E-state index contributed by atoms with van der Waals surface area (Å²) in [7, 11) is 0. The molecule has 1 aliphatic rings. The number of carbonyl (C=O) groups excluding carboxylic acids is 1. The van der Waals surface area contributed by atoms with E-state index < -0.39 is 0 Å². The van der Waals surface area contributed by atoms with E-state index in [0.29, 0.717) is 30.8 Å². The molecule has 6 nitrogen and oxygen atoms in total. The first-order valence-corrected chi connectivity index (χ1v) is 11.1. The molecule has 0 bridgehead atoms. The Morgan fingerprint density at radius 3 is 2.73 bits per heavy atom. The van der Waals surface area contributed by atoms with Crippen LogP contribution in [0.1, 0.15) is 30.9 Å². The minimum absolute atomic E-state index is 0.108. The van der Waals surface area contributed by atoms with E-state index in [0.717, 1.165) is 47.3 Å². The van der Waals surface area contributed by atoms with E-state index in [4.69, 9.17) is 14.2 Å². The van der Waals surface area contributed by atoms with Crippen LogP contribution < -0.4 is 20.1 Å². The van der Waals surface area contributed by atoms with Crippen molar-refractivity contribution in [2.45, 2.75) is 39.3 Å². The van der Waals surface area contributed by atoms with Crippen molar-refractivity contribution in [3.63, 3.8) is 0 Å². The van der Waals surface area contributed by atoms with Gasteiger partial charge in [0, 0.05) is 25.4 Å². The van der Waals surface area contributed by atoms with Gasteiger partial charge in [-0.05, 0) is 72.4 Å². The maximum atomic E-state index is 12.3. The second kappa shape index (κ2) is 11.3. The van der Waals surface area contributed by atoms with E-state index in [2.05, 4.69) is 26.6 Å². The minimum atomic E-state index is -0.226. The standard InChI is InChI=1S/C23H29BrN2O4/c1-3-28-21-12-17(13-25-14-19-5-4-10-29-19)11-20(24)23(21)30-15-22(27)26-18-8-6-16(2)7-9-18/h6-9,11-12,19,25H,3-5,10,13-15H2,1-2H3,(H,26,27)/t19-/m1/s1. The molecule has 7 heteroatoms. The smallest absolute Gasteiger partial charge is 0.262 e. The van der Waals surface area contributed by atoms with Gasteiger partial charge in [0.15, 0.2) is 18.1 Å². The average molecular weight is 477 g/mol. The van der Waals surface area contributed by atoms with Crippen LogP contribution in [0.5, 0.6) is 11.5 Å². The second-order valence-electron chi connectivity index (χ2n) is 7.31. The summed E-state index contributed by atoms with van der Waals surface area (Å²) < 4.78 is 18.0. The first-order valence-electron chi connectivity index (χ1n) is 10.3. The van der Waals surface area contributed by atoms with Gasteiger partial charge in [0.2, 0.25) is 0 Å². The average Bonchev–Trinajstić information content (AvgIpc) is 3.23. The summed E-state index contributed by atoms with van der Waals surface area (Å²) >= 11 is 3.56. The van der Waals surface area contributed by atoms with Gasteiger partial charge in [-0.3, -0.25) is 4.79 Å². The van der Waals surface area contributed by atoms with Crippen molar-refractivity contribution in [3.05, 3.63) is 52.0 Å². The van der Waals surface area contributed by atoms with Crippen molar-refractivity contribution < 1.29 is 19.0 Å². The van der Waals surface area contributed by atoms with Crippen LogP contribution in [-0.2, 0) is 16.1 Å². The molecule has 3 rings (SSSR count). The third-order valence-electron chi connectivity index (χ3n) is 4.78. The fraction of sp³-hybridized carbons (Fsp3) is 0.435. The van der Waals surface area contributed by atoms with Crippen molar-refractivity contribution in [1.82, 2.24) is 5.32 Å². The van der Waals surface area contributed by atoms with Crippen LogP contribution in [0.4, 0.5) is 5.69 Å². The molecule has 0 spiro atoms. The quantitative estimate of drug-likeness (QED) is 0.530. The van der Waals surface area contributed by atoms with Crippen LogP contribution in [0.25, 0.3) is 0 Å². The Balaban J connectivity index is 1.58. The molecule has 0 aliphatic carbocycles. The molecule has 1 amide bonds. The van der Waals surface area contributed by atoms with Crippen LogP contribution in [0.15, 0.2) is 40.9 Å². The van der Waals surface area contributed by atoms with Crippen LogP contribution in [-0.4, -0.2) is 38.4 Å². The third-order valence-corrected chi connectivity index (χ3v) is 5.37. The second-order valence-corrected chi connectivity index (χ2v) is 8.16. The lowest BCUT2D eigenvalue weighted by atomic mass is 10.2. The van der Waals surface area contributed by atoms with Crippen molar-refractivity contribution >= 4 is 27.5 Å². The van der Waals surface area contributed by atoms with Gasteiger partial charge in [-0.2, -0.15) is 0 Å². The SMILES string of the molecule is CCOc1cc(CNC[C@H]2CCCO2)cc(Br)c1OCC(=O)Nc1ccc(C)cc1. The van der Waals surface area contributed by atoms with Gasteiger partial charge in [-0.15, -0.1) is 0 Å². The van der Waals surface area contributed by atoms with E-state index in [1.807, 2.05) is 50.2 Å². The van der Waals surface area contributed by atoms with Crippen molar-refractivity contribution in [1.29, 1.82) is 0 Å². The van der Waals surface area contributed by atoms with Crippen LogP contribution in [0.3, 0.4) is 0 Å². The highest BCUT2D eigenvalue weighted by molar-refractivity contribution is 9.10. The zero-order chi connectivity index (χ0) is 21.3. The number of hydrogen-bond donors (Lipinski definition) is 2. The number of ether oxygens (including phenoxy) is 3. The summed E-state index contributed by atoms with van der Waals surface area (Å²) in [5.41, 5.74) is 2.95. The van der Waals surface area contributed by atoms with Crippen LogP contribution >= 0.6 is 15.9 Å². The normalized spacial score (nSPS) is 15.8. The predicted molar refractivity (Wildman–Crippen MR) is 121 cm³/mol. The number of halogens is 1. The fourth-order valence-corrected chi connectivity index (χ4v) is 3.88. The summed E-state index contributed by atoms with van der Waals surface area (Å²) in [6, 6.07) is 11.6. The Morgan fingerprint density at radius 2 is 2.03 bits per heavy atom. The zero-order valence-electron chi connectivity index (χ0n) is 17.5. The van der Waals surface area contributed by atoms with Crippen molar-refractivity contribution in [2.75, 3.05) is 31.7 Å². The number of hydrogen-bond acceptors (Lipinski definition) is 5. The Labute approximate surface area is 186 Å². The summed E-state index contributed by atoms with van der Waals surface area (Å²) in [5.74, 6) is 0.915. The van der Waals surface area contributed by atoms with Gasteiger partial charge in [0.1, 0.15) is 0 Å². The van der Waals surface area contributed by atoms with Gasteiger partial charge < -0.3 is 24.8 Å². The van der Waals surface area contributed by atoms with E-state index >= 15 is 0 Å². The molecule has 1 fully saturated rings. The van der Waals surface area contributed by atoms with Gasteiger partial charge in [0.25, 0.3) is 5.91 Å². The Kier molecular flexibility index (Phi) is 8.54. The molecule has 0 saturated carbocycles. The Bertz CT molecular complexity index is 836. The van der Waals surface area contributed by atoms with E-state index in [1.165, 1.54) is 0 Å². The fourth-order valence-electron chi connectivity index (χ4n) is 3.28. The molecule has 1 heterocycles. The summed E-state index contributed by atoms with van der Waals surface area (Å²) in [5, 5.41) is 6.27. The molecule has 1 atom stereocenters. The zero-order valence-corrected chi connectivity index (χ0v) is 19.1. The number of rotatable bonds is 10. The van der Waals surface area contributed by atoms with E-state index in [1.54, 1.807) is 0 Å². The molecule has 0 unspecified atom stereocenters. The summed E-state index contributed by atoms with van der Waals surface area (Å²) in [4.78, 5) is 12.3. The number of anilines is 1. The summed E-state index contributed by atoms with van der Waals surface area (Å²) in [6.07, 6.45) is 2.54. The number of carbonyl (C=O) groups is 1. The molecule has 2 aromatic carbocycles. The molecular weight excluding hydrogens is 448 g/mol. The lowest BCUT2D eigenvalue weighted by molar-refractivity contribution is -0.118. The highest BCUT2D eigenvalue weighted by Gasteiger charge is 2.16. The monoisotopic (exact) mass is 476 g/mol. The van der Waals surface area contributed by atoms with Crippen molar-refractivity contribution in [2.24, 2.45) is 0 Å². The van der Waals surface area contributed by atoms with Gasteiger partial charge in [-0.1, -0.05) is 17.7 Å². The summed E-state index contributed by atoms with van der Waals surface area (Å²) in [6.45, 7) is 6.71. The van der Waals surface area contributed by atoms with E-state index in [9.17, 15) is 4.79 Å². The van der Waals surface area contributed by atoms with E-state index in [-0.39, 0.29) is 12.5 Å². The Morgan fingerprint density at radius 1 is 1.23 bits per heavy atom. The molecule has 1 saturated heterocycles. The van der Waals surface area contributed by atoms with Crippen LogP contribution in [0.2, 0.25) is 0 Å². The molecule has 2 aromatic rings. The minimum Gasteiger partial charge on any atom is -0.490 e. The van der Waals surface area contributed by atoms with Gasteiger partial charge in [-0.25, -0.2) is 0 Å². The largest absolute Gasteiger partial charge is 0.490 e. The molecule has 0 radical (unpaired) electrons. The lowest BCUT2D eigenvalue weighted by Crippen LogP contribution is -2.25. The lowest BCUT2D eigenvalue weighted by Gasteiger charge is -2.16. The third kappa shape index (κ3) is 6.72. The molecule has 0 aromatic heterocycles. The number of nitrogens with one attached hydrogen (secondary N) is 2. The predicted octanol–water partition coefficient (Wildman–Crippen LogP) is 4.44. The first kappa shape index (κ1) is 22.6. The maximum absolute atomic E-state index is 12.3. The first-order chi connectivity index (χ1) is 14.5. The molecular formula is C23H29BrN2O4.